The van der Waals surface area contributed by atoms with E-state index in [0.29, 0.717) is 48.0 Å². The van der Waals surface area contributed by atoms with Crippen LogP contribution in [-0.4, -0.2) is 71.8 Å². The molecule has 2 aliphatic carbocycles. The predicted molar refractivity (Wildman–Crippen MR) is 272 cm³/mol. The second-order valence-corrected chi connectivity index (χ2v) is 18.8. The number of unbranched alkanes of at least 4 members (excludes halogenated alkanes) is 2. The van der Waals surface area contributed by atoms with E-state index in [0.717, 1.165) is 59.1 Å². The third-order valence-electron chi connectivity index (χ3n) is 14.0. The van der Waals surface area contributed by atoms with Crippen molar-refractivity contribution in [2.24, 2.45) is 22.9 Å². The summed E-state index contributed by atoms with van der Waals surface area (Å²) in [5, 5.41) is 25.1. The molecule has 1 saturated carbocycles. The molecule has 1 aliphatic heterocycles. The van der Waals surface area contributed by atoms with Crippen LogP contribution >= 0.6 is 0 Å². The van der Waals surface area contributed by atoms with E-state index in [1.807, 2.05) is 91.0 Å². The van der Waals surface area contributed by atoms with Gasteiger partial charge in [-0.25, -0.2) is 9.18 Å². The number of carbonyl (C=O) groups excluding carboxylic acids is 1. The van der Waals surface area contributed by atoms with Crippen molar-refractivity contribution in [1.82, 2.24) is 4.90 Å². The van der Waals surface area contributed by atoms with Gasteiger partial charge in [0.2, 0.25) is 5.79 Å². The fraction of sp³-hybridized carbons (Fsp3) is 0.390. The van der Waals surface area contributed by atoms with Crippen LogP contribution < -0.4 is 9.47 Å². The molecule has 0 bridgehead atoms. The van der Waals surface area contributed by atoms with Gasteiger partial charge in [0.15, 0.2) is 0 Å². The van der Waals surface area contributed by atoms with Crippen molar-refractivity contribution in [2.75, 3.05) is 33.0 Å². The lowest BCUT2D eigenvalue weighted by atomic mass is 9.55. The maximum Gasteiger partial charge on any atom is 0.410 e. The minimum Gasteiger partial charge on any atom is -0.459 e. The Morgan fingerprint density at radius 1 is 0.817 bits per heavy atom. The van der Waals surface area contributed by atoms with Crippen LogP contribution in [0.2, 0.25) is 0 Å². The number of carbonyl (C=O) groups is 1. The molecule has 0 unspecified atom stereocenters. The zero-order valence-corrected chi connectivity index (χ0v) is 40.9. The first-order chi connectivity index (χ1) is 34.7. The quantitative estimate of drug-likeness (QED) is 0.0353. The van der Waals surface area contributed by atoms with Gasteiger partial charge in [-0.1, -0.05) is 109 Å². The first-order valence-electron chi connectivity index (χ1n) is 25.0. The molecular formula is C59H67FN2O9. The minimum atomic E-state index is -1.55. The number of oxime groups is 1. The molecule has 11 nitrogen and oxygen atoms in total. The zero-order valence-electron chi connectivity index (χ0n) is 40.9. The normalized spacial score (nSPS) is 21.6. The fourth-order valence-electron chi connectivity index (χ4n) is 10.5. The Bertz CT molecular complexity index is 2590. The van der Waals surface area contributed by atoms with Crippen molar-refractivity contribution in [3.8, 4) is 17.2 Å². The maximum absolute atomic E-state index is 15.0. The summed E-state index contributed by atoms with van der Waals surface area (Å²) in [5.41, 5.74) is 7.34. The molecule has 0 aromatic heterocycles. The average molecular weight is 967 g/mol. The van der Waals surface area contributed by atoms with Gasteiger partial charge in [-0.2, -0.15) is 0 Å². The molecule has 5 aromatic rings. The lowest BCUT2D eigenvalue weighted by molar-refractivity contribution is -0.256. The Morgan fingerprint density at radius 3 is 2.21 bits per heavy atom. The molecule has 5 aromatic carbocycles. The molecule has 12 heteroatoms. The molecule has 3 aliphatic rings. The molecule has 8 rings (SSSR count). The van der Waals surface area contributed by atoms with Crippen molar-refractivity contribution >= 4 is 11.8 Å². The average Bonchev–Trinajstić information content (AvgIpc) is 3.38. The van der Waals surface area contributed by atoms with Gasteiger partial charge in [-0.3, -0.25) is 4.90 Å². The largest absolute Gasteiger partial charge is 0.459 e. The van der Waals surface area contributed by atoms with Crippen LogP contribution in [0.5, 0.6) is 17.2 Å². The molecule has 2 N–H and O–H groups in total. The van der Waals surface area contributed by atoms with Crippen LogP contribution in [0.3, 0.4) is 0 Å². The van der Waals surface area contributed by atoms with E-state index in [1.54, 1.807) is 23.1 Å². The number of ether oxygens (including phenoxy) is 5. The van der Waals surface area contributed by atoms with Crippen LogP contribution in [0.1, 0.15) is 84.2 Å². The van der Waals surface area contributed by atoms with Crippen LogP contribution in [0, 0.1) is 37.4 Å². The van der Waals surface area contributed by atoms with Crippen molar-refractivity contribution in [2.45, 2.75) is 96.3 Å². The second kappa shape index (κ2) is 24.7. The summed E-state index contributed by atoms with van der Waals surface area (Å²) >= 11 is 0. The van der Waals surface area contributed by atoms with Gasteiger partial charge in [0, 0.05) is 37.7 Å². The van der Waals surface area contributed by atoms with Gasteiger partial charge in [0.1, 0.15) is 42.3 Å². The van der Waals surface area contributed by atoms with E-state index in [4.69, 9.17) is 33.7 Å². The van der Waals surface area contributed by atoms with Gasteiger partial charge in [-0.05, 0) is 127 Å². The lowest BCUT2D eigenvalue weighted by Gasteiger charge is -2.59. The summed E-state index contributed by atoms with van der Waals surface area (Å²) in [6.07, 6.45) is 7.89. The van der Waals surface area contributed by atoms with E-state index >= 15 is 4.79 Å². The summed E-state index contributed by atoms with van der Waals surface area (Å²) in [6.45, 7) is 9.12. The summed E-state index contributed by atoms with van der Waals surface area (Å²) in [7, 11) is 0. The molecule has 0 radical (unpaired) electrons. The van der Waals surface area contributed by atoms with Crippen LogP contribution in [0.25, 0.3) is 0 Å². The number of rotatable bonds is 24. The predicted octanol–water partition coefficient (Wildman–Crippen LogP) is 11.9. The first-order valence-corrected chi connectivity index (χ1v) is 25.0. The molecule has 0 saturated heterocycles. The zero-order chi connectivity index (χ0) is 49.6. The number of aryl methyl sites for hydroxylation is 2. The molecule has 71 heavy (non-hydrogen) atoms. The monoisotopic (exact) mass is 966 g/mol. The van der Waals surface area contributed by atoms with E-state index in [9.17, 15) is 14.6 Å². The van der Waals surface area contributed by atoms with E-state index in [-0.39, 0.29) is 70.4 Å². The SMILES string of the molecule is C=CCO[C@@]12Oc3ccc(Oc4ccc(C)c(C)c4)cc3[C@H]3[C@H](CCCCO)[C@@H](CCCCO)C=C(C(=NOCc4ccccc4)C[C@@H]1N(Cc1ccc(F)cc1)C(=O)OCCOCc1ccccc1)[C@H]32. The number of nitrogens with zero attached hydrogens (tertiary/aromatic N) is 2. The van der Waals surface area contributed by atoms with Crippen LogP contribution in [0.15, 0.2) is 151 Å². The third-order valence-corrected chi connectivity index (χ3v) is 14.0. The Morgan fingerprint density at radius 2 is 1.51 bits per heavy atom. The number of hydrogen-bond donors (Lipinski definition) is 2. The van der Waals surface area contributed by atoms with Crippen molar-refractivity contribution in [3.63, 3.8) is 0 Å². The third kappa shape index (κ3) is 12.4. The number of aliphatic hydroxyl groups excluding tert-OH is 2. The number of hydrogen-bond acceptors (Lipinski definition) is 10. The van der Waals surface area contributed by atoms with Gasteiger partial charge < -0.3 is 38.7 Å². The van der Waals surface area contributed by atoms with Crippen molar-refractivity contribution in [1.29, 1.82) is 0 Å². The standard InChI is InChI=1S/C59H67FN2O9/c1-4-31-68-59-55(62(38-43-22-24-47(60)25-23-43)58(65)67-33-32-66-39-44-15-7-5-8-16-44)37-53(61-69-40-45-17-9-6-10-18-45)51-35-46(19-11-13-29-63)50(20-12-14-30-64)56(57(51)59)52-36-49(27-28-54(52)71-59)70-48-26-21-41(2)42(3)34-48/h4-10,15-18,21-28,34-36,46,50,55-57,63-64H,1,11-14,19-20,29-33,37-40H2,2-3H3/t46-,50+,55-,56+,57+,59+/m0/s1. The van der Waals surface area contributed by atoms with Crippen molar-refractivity contribution in [3.05, 3.63) is 185 Å². The van der Waals surface area contributed by atoms with Crippen LogP contribution in [-0.2, 0) is 38.8 Å². The number of benzene rings is 5. The second-order valence-electron chi connectivity index (χ2n) is 18.8. The lowest BCUT2D eigenvalue weighted by Crippen LogP contribution is -2.70. The topological polar surface area (TPSA) is 129 Å². The summed E-state index contributed by atoms with van der Waals surface area (Å²) in [5.74, 6) is -0.873. The van der Waals surface area contributed by atoms with Gasteiger partial charge >= 0.3 is 6.09 Å². The highest BCUT2D eigenvalue weighted by Crippen LogP contribution is 2.62. The van der Waals surface area contributed by atoms with E-state index < -0.39 is 29.7 Å². The van der Waals surface area contributed by atoms with E-state index in [2.05, 4.69) is 32.6 Å². The Balaban J connectivity index is 1.28. The fourth-order valence-corrected chi connectivity index (χ4v) is 10.5. The maximum atomic E-state index is 15.0. The summed E-state index contributed by atoms with van der Waals surface area (Å²) in [6, 6.07) is 36.8. The molecule has 374 valence electrons. The highest BCUT2D eigenvalue weighted by atomic mass is 19.1. The molecule has 6 atom stereocenters. The number of fused-ring (bicyclic) bond motifs is 2. The van der Waals surface area contributed by atoms with Gasteiger partial charge in [0.05, 0.1) is 31.5 Å². The molecule has 1 heterocycles. The number of allylic oxidation sites excluding steroid dienone is 1. The smallest absolute Gasteiger partial charge is 0.410 e. The number of amides is 1. The Hall–Kier alpha value is -6.31. The molecule has 1 amide bonds. The van der Waals surface area contributed by atoms with Gasteiger partial charge in [-0.15, -0.1) is 6.58 Å². The number of halogens is 1. The minimum absolute atomic E-state index is 0.00952. The Kier molecular flexibility index (Phi) is 17.8. The van der Waals surface area contributed by atoms with Crippen molar-refractivity contribution < 1.29 is 47.9 Å². The molecule has 0 spiro atoms. The van der Waals surface area contributed by atoms with Gasteiger partial charge in [0.25, 0.3) is 0 Å². The van der Waals surface area contributed by atoms with E-state index in [1.165, 1.54) is 12.1 Å². The molecule has 1 fully saturated rings. The van der Waals surface area contributed by atoms with Crippen LogP contribution in [0.4, 0.5) is 9.18 Å². The summed E-state index contributed by atoms with van der Waals surface area (Å²) < 4.78 is 47.8. The highest BCUT2D eigenvalue weighted by Gasteiger charge is 2.65. The highest BCUT2D eigenvalue weighted by molar-refractivity contribution is 6.03. The number of aliphatic hydroxyl groups is 2. The first kappa shape index (κ1) is 51.1. The summed E-state index contributed by atoms with van der Waals surface area (Å²) in [4.78, 5) is 22.9. The Labute approximate surface area is 417 Å². The molecular weight excluding hydrogens is 900 g/mol.